The van der Waals surface area contributed by atoms with Crippen molar-refractivity contribution in [3.8, 4) is 0 Å². The maximum atomic E-state index is 10.5. The van der Waals surface area contributed by atoms with Gasteiger partial charge in [-0.05, 0) is 22.0 Å². The highest BCUT2D eigenvalue weighted by Crippen LogP contribution is 2.13. The number of nitrogens with zero attached hydrogens (tertiary/aromatic N) is 2. The molecular formula is C8H11BrN2O4S. The van der Waals surface area contributed by atoms with E-state index in [4.69, 9.17) is 4.55 Å². The van der Waals surface area contributed by atoms with E-state index in [0.29, 0.717) is 4.47 Å². The van der Waals surface area contributed by atoms with Crippen molar-refractivity contribution >= 4 is 32.5 Å². The maximum Gasteiger partial charge on any atom is 0.296 e. The van der Waals surface area contributed by atoms with Gasteiger partial charge in [-0.1, -0.05) is 0 Å². The van der Waals surface area contributed by atoms with Crippen LogP contribution < -0.4 is 0 Å². The average molecular weight is 311 g/mol. The highest BCUT2D eigenvalue weighted by Gasteiger charge is 2.08. The van der Waals surface area contributed by atoms with Crippen LogP contribution in [0, 0.1) is 0 Å². The predicted octanol–water partition coefficient (Wildman–Crippen LogP) is 0.795. The normalized spacial score (nSPS) is 10.0. The minimum absolute atomic E-state index is 0.216. The second-order valence-electron chi connectivity index (χ2n) is 2.88. The Morgan fingerprint density at radius 1 is 1.44 bits per heavy atom. The van der Waals surface area contributed by atoms with Crippen LogP contribution in [0.2, 0.25) is 0 Å². The van der Waals surface area contributed by atoms with E-state index in [2.05, 4.69) is 20.9 Å². The highest BCUT2D eigenvalue weighted by molar-refractivity contribution is 9.10. The number of carbonyl (C=O) groups is 1. The minimum atomic E-state index is -4.12. The fraction of sp³-hybridized carbons (Fsp3) is 0.250. The summed E-state index contributed by atoms with van der Waals surface area (Å²) in [7, 11) is -0.743. The minimum Gasteiger partial charge on any atom is -0.351 e. The first-order valence-electron chi connectivity index (χ1n) is 3.97. The molecule has 1 amide bonds. The molecule has 8 heteroatoms. The van der Waals surface area contributed by atoms with E-state index in [0.717, 1.165) is 12.6 Å². The van der Waals surface area contributed by atoms with Gasteiger partial charge >= 0.3 is 0 Å². The van der Waals surface area contributed by atoms with E-state index in [-0.39, 0.29) is 4.90 Å². The molecule has 0 aliphatic heterocycles. The Balaban J connectivity index is 0.000000385. The molecule has 1 rings (SSSR count). The van der Waals surface area contributed by atoms with Crippen LogP contribution in [-0.2, 0) is 14.9 Å². The molecule has 0 fully saturated rings. The first-order chi connectivity index (χ1) is 7.27. The average Bonchev–Trinajstić information content (AvgIpc) is 2.17. The van der Waals surface area contributed by atoms with Crippen LogP contribution >= 0.6 is 15.9 Å². The Morgan fingerprint density at radius 2 is 1.94 bits per heavy atom. The summed E-state index contributed by atoms with van der Waals surface area (Å²) in [4.78, 5) is 14.2. The van der Waals surface area contributed by atoms with Gasteiger partial charge in [-0.2, -0.15) is 8.42 Å². The molecule has 0 spiro atoms. The van der Waals surface area contributed by atoms with Crippen molar-refractivity contribution in [2.75, 3.05) is 14.1 Å². The van der Waals surface area contributed by atoms with Crippen LogP contribution in [0.4, 0.5) is 0 Å². The lowest BCUT2D eigenvalue weighted by Crippen LogP contribution is -2.06. The summed E-state index contributed by atoms with van der Waals surface area (Å²) in [6.45, 7) is 0. The van der Waals surface area contributed by atoms with Crippen LogP contribution in [0.1, 0.15) is 0 Å². The summed E-state index contributed by atoms with van der Waals surface area (Å²) in [5.74, 6) is 0. The number of halogens is 1. The lowest BCUT2D eigenvalue weighted by molar-refractivity contribution is -0.115. The molecule has 1 heterocycles. The number of rotatable bonds is 2. The smallest absolute Gasteiger partial charge is 0.296 e. The largest absolute Gasteiger partial charge is 0.351 e. The van der Waals surface area contributed by atoms with Gasteiger partial charge in [0.1, 0.15) is 4.90 Å². The molecule has 0 unspecified atom stereocenters. The molecule has 1 aromatic rings. The first kappa shape index (κ1) is 15.0. The molecule has 0 atom stereocenters. The SMILES string of the molecule is CN(C)C=O.O=S(=O)(O)c1cncc(Br)c1. The Morgan fingerprint density at radius 3 is 2.19 bits per heavy atom. The summed E-state index contributed by atoms with van der Waals surface area (Å²) >= 11 is 3.02. The summed E-state index contributed by atoms with van der Waals surface area (Å²) in [5, 5.41) is 0. The van der Waals surface area contributed by atoms with Crippen LogP contribution in [0.25, 0.3) is 0 Å². The van der Waals surface area contributed by atoms with Crippen molar-refractivity contribution in [3.63, 3.8) is 0 Å². The van der Waals surface area contributed by atoms with Crippen molar-refractivity contribution < 1.29 is 17.8 Å². The maximum absolute atomic E-state index is 10.5. The van der Waals surface area contributed by atoms with Crippen molar-refractivity contribution in [3.05, 3.63) is 22.9 Å². The van der Waals surface area contributed by atoms with Gasteiger partial charge in [0.2, 0.25) is 6.41 Å². The van der Waals surface area contributed by atoms with E-state index >= 15 is 0 Å². The van der Waals surface area contributed by atoms with Crippen LogP contribution in [0.15, 0.2) is 27.8 Å². The zero-order valence-corrected chi connectivity index (χ0v) is 11.1. The molecule has 1 N–H and O–H groups in total. The molecule has 0 aliphatic carbocycles. The van der Waals surface area contributed by atoms with Crippen molar-refractivity contribution in [2.45, 2.75) is 4.90 Å². The second kappa shape index (κ2) is 6.56. The van der Waals surface area contributed by atoms with Crippen molar-refractivity contribution in [1.29, 1.82) is 0 Å². The van der Waals surface area contributed by atoms with Crippen LogP contribution in [0.3, 0.4) is 0 Å². The summed E-state index contributed by atoms with van der Waals surface area (Å²) in [5.41, 5.74) is 0. The van der Waals surface area contributed by atoms with Gasteiger partial charge in [-0.15, -0.1) is 0 Å². The Labute approximate surface area is 102 Å². The third kappa shape index (κ3) is 6.49. The van der Waals surface area contributed by atoms with Crippen LogP contribution in [-0.4, -0.2) is 43.4 Å². The van der Waals surface area contributed by atoms with Gasteiger partial charge in [-0.25, -0.2) is 0 Å². The van der Waals surface area contributed by atoms with Gasteiger partial charge < -0.3 is 4.90 Å². The number of amides is 1. The third-order valence-corrected chi connectivity index (χ3v) is 2.44. The lowest BCUT2D eigenvalue weighted by atomic mass is 10.5. The molecule has 90 valence electrons. The van der Waals surface area contributed by atoms with E-state index in [1.165, 1.54) is 17.2 Å². The predicted molar refractivity (Wildman–Crippen MR) is 61.5 cm³/mol. The molecule has 16 heavy (non-hydrogen) atoms. The number of aromatic nitrogens is 1. The Bertz CT molecular complexity index is 447. The van der Waals surface area contributed by atoms with Crippen molar-refractivity contribution in [2.24, 2.45) is 0 Å². The lowest BCUT2D eigenvalue weighted by Gasteiger charge is -1.94. The first-order valence-corrected chi connectivity index (χ1v) is 6.20. The van der Waals surface area contributed by atoms with Crippen LogP contribution in [0.5, 0.6) is 0 Å². The molecule has 0 aliphatic rings. The summed E-state index contributed by atoms with van der Waals surface area (Å²) in [6.07, 6.45) is 3.24. The molecule has 0 aromatic carbocycles. The Hall–Kier alpha value is -0.990. The fourth-order valence-electron chi connectivity index (χ4n) is 0.533. The molecule has 0 saturated heterocycles. The zero-order chi connectivity index (χ0) is 12.8. The topological polar surface area (TPSA) is 87.6 Å². The molecule has 6 nitrogen and oxygen atoms in total. The van der Waals surface area contributed by atoms with Gasteiger partial charge in [0.05, 0.1) is 0 Å². The Kier molecular flexibility index (Phi) is 6.16. The third-order valence-electron chi connectivity index (χ3n) is 1.19. The van der Waals surface area contributed by atoms with E-state index in [9.17, 15) is 13.2 Å². The molecule has 0 bridgehead atoms. The summed E-state index contributed by atoms with van der Waals surface area (Å²) < 4.78 is 30.0. The molecule has 0 radical (unpaired) electrons. The summed E-state index contributed by atoms with van der Waals surface area (Å²) in [6, 6.07) is 1.27. The number of hydrogen-bond donors (Lipinski definition) is 1. The second-order valence-corrected chi connectivity index (χ2v) is 5.22. The standard InChI is InChI=1S/C5H4BrNO3S.C3H7NO/c6-4-1-5(3-7-2-4)11(8,9)10;1-4(2)3-5/h1-3H,(H,8,9,10);3H,1-2H3. The fourth-order valence-corrected chi connectivity index (χ4v) is 1.52. The van der Waals surface area contributed by atoms with E-state index < -0.39 is 10.1 Å². The quantitative estimate of drug-likeness (QED) is 0.644. The number of pyridine rings is 1. The van der Waals surface area contributed by atoms with E-state index in [1.807, 2.05) is 0 Å². The zero-order valence-electron chi connectivity index (χ0n) is 8.66. The van der Waals surface area contributed by atoms with Gasteiger partial charge in [-0.3, -0.25) is 14.3 Å². The van der Waals surface area contributed by atoms with Gasteiger partial charge in [0, 0.05) is 31.0 Å². The van der Waals surface area contributed by atoms with E-state index in [1.54, 1.807) is 14.1 Å². The molecule has 0 saturated carbocycles. The van der Waals surface area contributed by atoms with Gasteiger partial charge in [0.25, 0.3) is 10.1 Å². The van der Waals surface area contributed by atoms with Gasteiger partial charge in [0.15, 0.2) is 0 Å². The number of carbonyl (C=O) groups excluding carboxylic acids is 1. The number of hydrogen-bond acceptors (Lipinski definition) is 4. The molecule has 1 aromatic heterocycles. The molecular weight excluding hydrogens is 300 g/mol. The highest BCUT2D eigenvalue weighted by atomic mass is 79.9. The van der Waals surface area contributed by atoms with Crippen molar-refractivity contribution in [1.82, 2.24) is 9.88 Å². The monoisotopic (exact) mass is 310 g/mol.